The Hall–Kier alpha value is -2.24. The molecule has 2 aliphatic heterocycles. The van der Waals surface area contributed by atoms with Crippen molar-refractivity contribution in [1.29, 1.82) is 0 Å². The lowest BCUT2D eigenvalue weighted by Crippen LogP contribution is -2.44. The number of carbonyl (C=O) groups excluding carboxylic acids is 2. The Morgan fingerprint density at radius 2 is 1.62 bits per heavy atom. The van der Waals surface area contributed by atoms with Crippen LogP contribution in [0.1, 0.15) is 63.2 Å². The maximum Gasteiger partial charge on any atom is 0.410 e. The topological polar surface area (TPSA) is 59.1 Å². The van der Waals surface area contributed by atoms with Gasteiger partial charge in [0, 0.05) is 37.7 Å². The summed E-state index contributed by atoms with van der Waals surface area (Å²) in [5.41, 5.74) is 0.237. The van der Waals surface area contributed by atoms with Crippen LogP contribution in [0.25, 0.3) is 0 Å². The van der Waals surface area contributed by atoms with Crippen molar-refractivity contribution in [1.82, 2.24) is 9.80 Å². The largest absolute Gasteiger partial charge is 0.493 e. The number of likely N-dealkylation sites (tertiary alicyclic amines) is 2. The van der Waals surface area contributed by atoms with Crippen LogP contribution < -0.4 is 4.74 Å². The zero-order valence-electron chi connectivity index (χ0n) is 18.0. The molecule has 0 aromatic heterocycles. The fourth-order valence-electron chi connectivity index (χ4n) is 3.88. The van der Waals surface area contributed by atoms with Crippen LogP contribution in [0.15, 0.2) is 24.3 Å². The van der Waals surface area contributed by atoms with Crippen molar-refractivity contribution in [2.24, 2.45) is 5.92 Å². The van der Waals surface area contributed by atoms with E-state index in [1.54, 1.807) is 4.90 Å². The molecule has 2 heterocycles. The summed E-state index contributed by atoms with van der Waals surface area (Å²) in [4.78, 5) is 28.6. The highest BCUT2D eigenvalue weighted by molar-refractivity contribution is 5.94. The number of carbonyl (C=O) groups is 2. The van der Waals surface area contributed by atoms with Gasteiger partial charge in [0.2, 0.25) is 0 Å². The summed E-state index contributed by atoms with van der Waals surface area (Å²) in [6, 6.07) is 7.43. The minimum absolute atomic E-state index is 0.108. The van der Waals surface area contributed by atoms with Gasteiger partial charge in [-0.1, -0.05) is 0 Å². The van der Waals surface area contributed by atoms with Crippen molar-refractivity contribution in [2.45, 2.75) is 58.5 Å². The average Bonchev–Trinajstić information content (AvgIpc) is 2.72. The Labute approximate surface area is 174 Å². The molecule has 0 unspecified atom stereocenters. The molecule has 0 aliphatic carbocycles. The Kier molecular flexibility index (Phi) is 7.04. The third kappa shape index (κ3) is 6.38. The number of hydrogen-bond acceptors (Lipinski definition) is 4. The van der Waals surface area contributed by atoms with Crippen LogP contribution in [0.2, 0.25) is 0 Å². The number of ether oxygens (including phenoxy) is 2. The Balaban J connectivity index is 1.48. The van der Waals surface area contributed by atoms with Crippen LogP contribution in [0.4, 0.5) is 4.79 Å². The predicted molar refractivity (Wildman–Crippen MR) is 112 cm³/mol. The van der Waals surface area contributed by atoms with Crippen LogP contribution in [0, 0.1) is 5.92 Å². The lowest BCUT2D eigenvalue weighted by atomic mass is 9.99. The second-order valence-electron chi connectivity index (χ2n) is 9.12. The molecular formula is C23H34N2O4. The third-order valence-electron chi connectivity index (χ3n) is 5.40. The van der Waals surface area contributed by atoms with Gasteiger partial charge in [-0.3, -0.25) is 4.79 Å². The second kappa shape index (κ2) is 9.51. The molecule has 6 nitrogen and oxygen atoms in total. The maximum atomic E-state index is 12.6. The number of hydrogen-bond donors (Lipinski definition) is 0. The molecule has 2 saturated heterocycles. The average molecular weight is 403 g/mol. The summed E-state index contributed by atoms with van der Waals surface area (Å²) in [6.07, 6.45) is 5.14. The van der Waals surface area contributed by atoms with Gasteiger partial charge in [-0.15, -0.1) is 0 Å². The molecule has 160 valence electrons. The molecule has 0 bridgehead atoms. The second-order valence-corrected chi connectivity index (χ2v) is 9.12. The van der Waals surface area contributed by atoms with Crippen molar-refractivity contribution < 1.29 is 19.1 Å². The van der Waals surface area contributed by atoms with Gasteiger partial charge in [0.25, 0.3) is 5.91 Å². The van der Waals surface area contributed by atoms with Crippen LogP contribution >= 0.6 is 0 Å². The van der Waals surface area contributed by atoms with Gasteiger partial charge in [0.15, 0.2) is 0 Å². The molecule has 0 radical (unpaired) electrons. The highest BCUT2D eigenvalue weighted by atomic mass is 16.6. The van der Waals surface area contributed by atoms with E-state index in [2.05, 4.69) is 0 Å². The van der Waals surface area contributed by atoms with Crippen molar-refractivity contribution in [2.75, 3.05) is 32.8 Å². The standard InChI is InChI=1S/C23H34N2O4/c1-23(2,3)29-22(27)25-15-7-8-18(16-25)17-28-20-11-9-19(10-12-20)21(26)24-13-5-4-6-14-24/h9-12,18H,4-8,13-17H2,1-3H3/t18-/m0/s1. The maximum absolute atomic E-state index is 12.6. The fraction of sp³-hybridized carbons (Fsp3) is 0.652. The molecule has 1 aromatic rings. The predicted octanol–water partition coefficient (Wildman–Crippen LogP) is 4.34. The van der Waals surface area contributed by atoms with Gasteiger partial charge < -0.3 is 19.3 Å². The van der Waals surface area contributed by atoms with Gasteiger partial charge in [0.05, 0.1) is 6.61 Å². The zero-order valence-corrected chi connectivity index (χ0v) is 18.0. The van der Waals surface area contributed by atoms with Gasteiger partial charge in [-0.25, -0.2) is 4.79 Å². The molecule has 2 aliphatic rings. The number of amides is 2. The molecular weight excluding hydrogens is 368 g/mol. The first-order chi connectivity index (χ1) is 13.8. The monoisotopic (exact) mass is 402 g/mol. The molecule has 0 N–H and O–H groups in total. The van der Waals surface area contributed by atoms with E-state index in [0.717, 1.165) is 51.1 Å². The molecule has 2 amide bonds. The van der Waals surface area contributed by atoms with E-state index >= 15 is 0 Å². The van der Waals surface area contributed by atoms with Gasteiger partial charge >= 0.3 is 6.09 Å². The van der Waals surface area contributed by atoms with Crippen LogP contribution in [-0.2, 0) is 4.74 Å². The van der Waals surface area contributed by atoms with Gasteiger partial charge in [0.1, 0.15) is 11.4 Å². The molecule has 29 heavy (non-hydrogen) atoms. The van der Waals surface area contributed by atoms with Crippen molar-refractivity contribution in [3.63, 3.8) is 0 Å². The summed E-state index contributed by atoms with van der Waals surface area (Å²) in [5, 5.41) is 0. The summed E-state index contributed by atoms with van der Waals surface area (Å²) in [5.74, 6) is 1.15. The summed E-state index contributed by atoms with van der Waals surface area (Å²) < 4.78 is 11.4. The number of piperidine rings is 2. The van der Waals surface area contributed by atoms with Crippen LogP contribution in [0.5, 0.6) is 5.75 Å². The molecule has 0 saturated carbocycles. The summed E-state index contributed by atoms with van der Waals surface area (Å²) in [7, 11) is 0. The lowest BCUT2D eigenvalue weighted by Gasteiger charge is -2.34. The van der Waals surface area contributed by atoms with Crippen molar-refractivity contribution in [3.05, 3.63) is 29.8 Å². The van der Waals surface area contributed by atoms with Crippen molar-refractivity contribution in [3.8, 4) is 5.75 Å². The SMILES string of the molecule is CC(C)(C)OC(=O)N1CCC[C@H](COc2ccc(C(=O)N3CCCCC3)cc2)C1. The Morgan fingerprint density at radius 3 is 2.28 bits per heavy atom. The van der Waals surface area contributed by atoms with E-state index in [0.29, 0.717) is 18.7 Å². The minimum atomic E-state index is -0.478. The van der Waals surface area contributed by atoms with E-state index in [1.807, 2.05) is 49.9 Å². The highest BCUT2D eigenvalue weighted by Gasteiger charge is 2.28. The van der Waals surface area contributed by atoms with Gasteiger partial charge in [-0.2, -0.15) is 0 Å². The summed E-state index contributed by atoms with van der Waals surface area (Å²) in [6.45, 7) is 9.30. The molecule has 1 atom stereocenters. The van der Waals surface area contributed by atoms with Crippen molar-refractivity contribution >= 4 is 12.0 Å². The first-order valence-electron chi connectivity index (χ1n) is 10.8. The fourth-order valence-corrected chi connectivity index (χ4v) is 3.88. The van der Waals surface area contributed by atoms with Crippen LogP contribution in [-0.4, -0.2) is 60.2 Å². The van der Waals surface area contributed by atoms with E-state index in [-0.39, 0.29) is 17.9 Å². The van der Waals surface area contributed by atoms with E-state index in [4.69, 9.17) is 9.47 Å². The first-order valence-corrected chi connectivity index (χ1v) is 10.8. The molecule has 1 aromatic carbocycles. The zero-order chi connectivity index (χ0) is 20.9. The first kappa shape index (κ1) is 21.5. The number of nitrogens with zero attached hydrogens (tertiary/aromatic N) is 2. The molecule has 2 fully saturated rings. The summed E-state index contributed by atoms with van der Waals surface area (Å²) >= 11 is 0. The third-order valence-corrected chi connectivity index (χ3v) is 5.40. The van der Waals surface area contributed by atoms with E-state index in [1.165, 1.54) is 6.42 Å². The molecule has 0 spiro atoms. The quantitative estimate of drug-likeness (QED) is 0.752. The molecule has 3 rings (SSSR count). The lowest BCUT2D eigenvalue weighted by molar-refractivity contribution is 0.0139. The Morgan fingerprint density at radius 1 is 0.966 bits per heavy atom. The number of rotatable bonds is 4. The highest BCUT2D eigenvalue weighted by Crippen LogP contribution is 2.22. The smallest absolute Gasteiger partial charge is 0.410 e. The number of benzene rings is 1. The van der Waals surface area contributed by atoms with Gasteiger partial charge in [-0.05, 0) is 77.1 Å². The van der Waals surface area contributed by atoms with E-state index < -0.39 is 5.60 Å². The normalized spacial score (nSPS) is 20.3. The Bertz CT molecular complexity index is 690. The minimum Gasteiger partial charge on any atom is -0.493 e. The van der Waals surface area contributed by atoms with E-state index in [9.17, 15) is 9.59 Å². The molecule has 6 heteroatoms. The van der Waals surface area contributed by atoms with Crippen LogP contribution in [0.3, 0.4) is 0 Å².